The summed E-state index contributed by atoms with van der Waals surface area (Å²) in [5.41, 5.74) is 0.0169. The fourth-order valence-corrected chi connectivity index (χ4v) is 5.50. The predicted octanol–water partition coefficient (Wildman–Crippen LogP) is 8.87. The number of hydrogen-bond acceptors (Lipinski definition) is 4. The molecule has 5 rings (SSSR count). The standard InChI is InChI=1S/C31H21Cl2O4P.Li.H/c32-25-17-10-18-26(33)29(25)31(34)38-30-27(36-22-13-6-2-7-14-22)19-24(35-21-11-4-1-5-12-21)20-28(30)37-23-15-8-3-9-16-23;;/h1-20,38H;;. The van der Waals surface area contributed by atoms with Gasteiger partial charge in [0.05, 0.1) is 20.9 Å². The summed E-state index contributed by atoms with van der Waals surface area (Å²) in [6.07, 6.45) is 0. The second-order valence-corrected chi connectivity index (χ2v) is 10.1. The van der Waals surface area contributed by atoms with Crippen LogP contribution in [0.15, 0.2) is 121 Å². The maximum absolute atomic E-state index is 13.5. The Balaban J connectivity index is 0.00000353. The minimum absolute atomic E-state index is 0. The van der Waals surface area contributed by atoms with Crippen LogP contribution >= 0.6 is 31.8 Å². The molecule has 0 saturated heterocycles. The van der Waals surface area contributed by atoms with Gasteiger partial charge in [0.2, 0.25) is 0 Å². The number of carbonyl (C=O) groups excluding carboxylic acids is 1. The summed E-state index contributed by atoms with van der Waals surface area (Å²) in [5.74, 6) is 3.19. The van der Waals surface area contributed by atoms with E-state index >= 15 is 0 Å². The molecule has 0 aliphatic heterocycles. The van der Waals surface area contributed by atoms with E-state index in [0.29, 0.717) is 39.8 Å². The summed E-state index contributed by atoms with van der Waals surface area (Å²) in [6.45, 7) is 0. The first-order chi connectivity index (χ1) is 18.6. The van der Waals surface area contributed by atoms with Crippen LogP contribution in [0.4, 0.5) is 0 Å². The van der Waals surface area contributed by atoms with Crippen molar-refractivity contribution in [2.45, 2.75) is 0 Å². The zero-order valence-electron chi connectivity index (χ0n) is 19.9. The van der Waals surface area contributed by atoms with E-state index in [1.807, 2.05) is 91.0 Å². The van der Waals surface area contributed by atoms with Crippen LogP contribution in [0.25, 0.3) is 0 Å². The van der Waals surface area contributed by atoms with Gasteiger partial charge in [0.1, 0.15) is 34.5 Å². The number of hydrogen-bond donors (Lipinski definition) is 0. The molecular weight excluding hydrogens is 545 g/mol. The Morgan fingerprint density at radius 1 is 0.538 bits per heavy atom. The Hall–Kier alpha value is -3.22. The summed E-state index contributed by atoms with van der Waals surface area (Å²) in [7, 11) is -0.400. The van der Waals surface area contributed by atoms with Crippen molar-refractivity contribution in [2.24, 2.45) is 0 Å². The Bertz CT molecular complexity index is 1470. The first-order valence-electron chi connectivity index (χ1n) is 11.7. The molecule has 0 aliphatic rings. The van der Waals surface area contributed by atoms with E-state index in [2.05, 4.69) is 0 Å². The Kier molecular flexibility index (Phi) is 10.1. The van der Waals surface area contributed by atoms with E-state index in [-0.39, 0.29) is 40.0 Å². The molecule has 0 heterocycles. The van der Waals surface area contributed by atoms with Crippen LogP contribution in [0.3, 0.4) is 0 Å². The summed E-state index contributed by atoms with van der Waals surface area (Å²) >= 11 is 12.7. The molecule has 190 valence electrons. The third-order valence-electron chi connectivity index (χ3n) is 5.39. The summed E-state index contributed by atoms with van der Waals surface area (Å²) in [4.78, 5) is 13.5. The van der Waals surface area contributed by atoms with E-state index in [1.54, 1.807) is 30.3 Å². The zero-order valence-corrected chi connectivity index (χ0v) is 22.4. The van der Waals surface area contributed by atoms with Gasteiger partial charge in [0.15, 0.2) is 5.52 Å². The van der Waals surface area contributed by atoms with Crippen molar-refractivity contribution < 1.29 is 19.0 Å². The number of para-hydroxylation sites is 3. The third kappa shape index (κ3) is 7.46. The average Bonchev–Trinajstić information content (AvgIpc) is 2.92. The fourth-order valence-electron chi connectivity index (χ4n) is 3.66. The number of rotatable bonds is 9. The van der Waals surface area contributed by atoms with Gasteiger partial charge in [-0.2, -0.15) is 0 Å². The number of benzene rings is 5. The van der Waals surface area contributed by atoms with Crippen molar-refractivity contribution in [3.8, 4) is 34.5 Å². The fraction of sp³-hybridized carbons (Fsp3) is 0. The predicted molar refractivity (Wildman–Crippen MR) is 162 cm³/mol. The maximum atomic E-state index is 13.5. The summed E-state index contributed by atoms with van der Waals surface area (Å²) < 4.78 is 18.7. The molecule has 0 spiro atoms. The quantitative estimate of drug-likeness (QED) is 0.132. The number of halogens is 2. The summed E-state index contributed by atoms with van der Waals surface area (Å²) in [5, 5.41) is 1.13. The molecule has 39 heavy (non-hydrogen) atoms. The van der Waals surface area contributed by atoms with Gasteiger partial charge >= 0.3 is 18.9 Å². The van der Waals surface area contributed by atoms with Gasteiger partial charge in [0, 0.05) is 12.1 Å². The van der Waals surface area contributed by atoms with E-state index in [4.69, 9.17) is 37.4 Å². The van der Waals surface area contributed by atoms with Gasteiger partial charge in [-0.05, 0) is 57.1 Å². The molecular formula is C31H22Cl2LiO4P. The molecule has 5 aromatic carbocycles. The van der Waals surface area contributed by atoms with Crippen molar-refractivity contribution >= 4 is 61.5 Å². The van der Waals surface area contributed by atoms with Crippen LogP contribution in [0.2, 0.25) is 10.0 Å². The SMILES string of the molecule is O=C(Pc1c(Oc2ccccc2)cc(Oc2ccccc2)cc1Oc1ccccc1)c1c(Cl)cccc1Cl.[LiH]. The molecule has 0 aromatic heterocycles. The van der Waals surface area contributed by atoms with E-state index in [9.17, 15) is 4.79 Å². The molecule has 4 nitrogen and oxygen atoms in total. The van der Waals surface area contributed by atoms with Crippen molar-refractivity contribution in [1.82, 2.24) is 0 Å². The monoisotopic (exact) mass is 566 g/mol. The topological polar surface area (TPSA) is 44.8 Å². The molecule has 0 aliphatic carbocycles. The van der Waals surface area contributed by atoms with Crippen molar-refractivity contribution in [1.29, 1.82) is 0 Å². The molecule has 0 bridgehead atoms. The van der Waals surface area contributed by atoms with E-state index in [0.717, 1.165) is 0 Å². The molecule has 5 aromatic rings. The van der Waals surface area contributed by atoms with Crippen LogP contribution in [-0.2, 0) is 0 Å². The Morgan fingerprint density at radius 3 is 1.38 bits per heavy atom. The van der Waals surface area contributed by atoms with E-state index < -0.39 is 8.58 Å². The second-order valence-electron chi connectivity index (χ2n) is 8.09. The zero-order chi connectivity index (χ0) is 26.3. The first kappa shape index (κ1) is 28.8. The van der Waals surface area contributed by atoms with Gasteiger partial charge in [-0.15, -0.1) is 0 Å². The van der Waals surface area contributed by atoms with Crippen molar-refractivity contribution in [3.05, 3.63) is 137 Å². The Labute approximate surface area is 250 Å². The van der Waals surface area contributed by atoms with Gasteiger partial charge in [0.25, 0.3) is 0 Å². The van der Waals surface area contributed by atoms with Crippen LogP contribution in [0.5, 0.6) is 34.5 Å². The van der Waals surface area contributed by atoms with Crippen LogP contribution in [-0.4, -0.2) is 24.4 Å². The number of ether oxygens (including phenoxy) is 3. The average molecular weight is 567 g/mol. The third-order valence-corrected chi connectivity index (χ3v) is 7.24. The van der Waals surface area contributed by atoms with Gasteiger partial charge in [-0.3, -0.25) is 4.79 Å². The molecule has 1 atom stereocenters. The molecule has 0 saturated carbocycles. The van der Waals surface area contributed by atoms with Gasteiger partial charge < -0.3 is 14.2 Å². The normalized spacial score (nSPS) is 10.6. The van der Waals surface area contributed by atoms with E-state index in [1.165, 1.54) is 0 Å². The van der Waals surface area contributed by atoms with Crippen LogP contribution in [0, 0.1) is 0 Å². The van der Waals surface area contributed by atoms with Crippen molar-refractivity contribution in [3.63, 3.8) is 0 Å². The Morgan fingerprint density at radius 2 is 0.949 bits per heavy atom. The number of carbonyl (C=O) groups is 1. The van der Waals surface area contributed by atoms with Gasteiger partial charge in [-0.1, -0.05) is 83.9 Å². The summed E-state index contributed by atoms with van der Waals surface area (Å²) in [6, 6.07) is 36.5. The molecule has 0 fully saturated rings. The minimum atomic E-state index is -0.400. The van der Waals surface area contributed by atoms with Crippen LogP contribution in [0.1, 0.15) is 10.4 Å². The van der Waals surface area contributed by atoms with Gasteiger partial charge in [-0.25, -0.2) is 0 Å². The second kappa shape index (κ2) is 13.7. The molecule has 0 amide bonds. The van der Waals surface area contributed by atoms with Crippen LogP contribution < -0.4 is 19.5 Å². The van der Waals surface area contributed by atoms with Crippen molar-refractivity contribution in [2.75, 3.05) is 0 Å². The molecule has 0 N–H and O–H groups in total. The molecule has 0 radical (unpaired) electrons. The first-order valence-corrected chi connectivity index (χ1v) is 13.4. The molecule has 8 heteroatoms. The molecule has 1 unspecified atom stereocenters.